The van der Waals surface area contributed by atoms with Crippen molar-refractivity contribution in [3.8, 4) is 0 Å². The van der Waals surface area contributed by atoms with Crippen molar-refractivity contribution in [2.45, 2.75) is 57.5 Å². The number of amides is 2. The molecule has 0 aromatic heterocycles. The highest BCUT2D eigenvalue weighted by atomic mass is 35.5. The maximum absolute atomic E-state index is 12.3. The molecule has 2 amide bonds. The molecule has 0 bridgehead atoms. The molecule has 0 radical (unpaired) electrons. The lowest BCUT2D eigenvalue weighted by Crippen LogP contribution is -2.45. The molecule has 1 saturated heterocycles. The molecular weight excluding hydrogens is 338 g/mol. The number of halogens is 1. The highest BCUT2D eigenvalue weighted by Crippen LogP contribution is 2.33. The van der Waals surface area contributed by atoms with Crippen LogP contribution in [0.15, 0.2) is 24.3 Å². The molecule has 138 valence electrons. The SMILES string of the molecule is CCc1cccc(NC(=O)CNC(=O)C2CC3CCCCC3N2)c1.Cl. The third kappa shape index (κ3) is 5.19. The van der Waals surface area contributed by atoms with Crippen molar-refractivity contribution in [3.63, 3.8) is 0 Å². The third-order valence-corrected chi connectivity index (χ3v) is 5.22. The first-order chi connectivity index (χ1) is 11.7. The summed E-state index contributed by atoms with van der Waals surface area (Å²) in [6, 6.07) is 8.12. The van der Waals surface area contributed by atoms with Gasteiger partial charge in [0.1, 0.15) is 0 Å². The molecule has 1 heterocycles. The zero-order valence-electron chi connectivity index (χ0n) is 14.7. The van der Waals surface area contributed by atoms with Crippen LogP contribution in [0.5, 0.6) is 0 Å². The Kier molecular flexibility index (Phi) is 7.26. The molecule has 5 nitrogen and oxygen atoms in total. The van der Waals surface area contributed by atoms with E-state index in [0.717, 1.165) is 18.5 Å². The van der Waals surface area contributed by atoms with Crippen LogP contribution in [0.3, 0.4) is 0 Å². The summed E-state index contributed by atoms with van der Waals surface area (Å²) in [6.45, 7) is 2.09. The summed E-state index contributed by atoms with van der Waals surface area (Å²) in [5.41, 5.74) is 1.95. The van der Waals surface area contributed by atoms with Crippen LogP contribution in [0, 0.1) is 5.92 Å². The Morgan fingerprint density at radius 3 is 2.80 bits per heavy atom. The van der Waals surface area contributed by atoms with Crippen LogP contribution in [0.2, 0.25) is 0 Å². The summed E-state index contributed by atoms with van der Waals surface area (Å²) < 4.78 is 0. The summed E-state index contributed by atoms with van der Waals surface area (Å²) in [5.74, 6) is 0.383. The van der Waals surface area contributed by atoms with Gasteiger partial charge in [-0.05, 0) is 49.3 Å². The van der Waals surface area contributed by atoms with Crippen LogP contribution in [-0.4, -0.2) is 30.4 Å². The molecule has 1 saturated carbocycles. The molecule has 1 aromatic rings. The molecule has 1 aliphatic carbocycles. The summed E-state index contributed by atoms with van der Waals surface area (Å²) >= 11 is 0. The highest BCUT2D eigenvalue weighted by Gasteiger charge is 2.38. The molecule has 6 heteroatoms. The molecule has 0 spiro atoms. The van der Waals surface area contributed by atoms with Gasteiger partial charge in [-0.25, -0.2) is 0 Å². The van der Waals surface area contributed by atoms with Gasteiger partial charge in [0.25, 0.3) is 0 Å². The van der Waals surface area contributed by atoms with Gasteiger partial charge in [0, 0.05) is 11.7 Å². The smallest absolute Gasteiger partial charge is 0.243 e. The van der Waals surface area contributed by atoms with Gasteiger partial charge in [0.15, 0.2) is 0 Å². The number of anilines is 1. The molecule has 3 rings (SSSR count). The van der Waals surface area contributed by atoms with Gasteiger partial charge < -0.3 is 16.0 Å². The van der Waals surface area contributed by atoms with E-state index in [4.69, 9.17) is 0 Å². The number of hydrogen-bond acceptors (Lipinski definition) is 3. The fourth-order valence-corrected chi connectivity index (χ4v) is 3.89. The van der Waals surface area contributed by atoms with E-state index >= 15 is 0 Å². The van der Waals surface area contributed by atoms with Crippen molar-refractivity contribution in [3.05, 3.63) is 29.8 Å². The van der Waals surface area contributed by atoms with Gasteiger partial charge in [-0.15, -0.1) is 12.4 Å². The number of aryl methyl sites for hydroxylation is 1. The van der Waals surface area contributed by atoms with Crippen molar-refractivity contribution in [1.82, 2.24) is 10.6 Å². The molecule has 3 unspecified atom stereocenters. The van der Waals surface area contributed by atoms with E-state index in [0.29, 0.717) is 12.0 Å². The molecule has 1 aliphatic heterocycles. The average molecular weight is 366 g/mol. The standard InChI is InChI=1S/C19H27N3O2.ClH/c1-2-13-6-5-8-15(10-13)21-18(23)12-20-19(24)17-11-14-7-3-4-9-16(14)22-17;/h5-6,8,10,14,16-17,22H,2-4,7,9,11-12H2,1H3,(H,20,24)(H,21,23);1H. The van der Waals surface area contributed by atoms with Crippen molar-refractivity contribution in [2.24, 2.45) is 5.92 Å². The first-order valence-corrected chi connectivity index (χ1v) is 9.08. The average Bonchev–Trinajstić information content (AvgIpc) is 3.04. The Balaban J connectivity index is 0.00000225. The first-order valence-electron chi connectivity index (χ1n) is 9.08. The second kappa shape index (κ2) is 9.20. The predicted octanol–water partition coefficient (Wildman–Crippen LogP) is 2.65. The Labute approximate surface area is 155 Å². The topological polar surface area (TPSA) is 70.2 Å². The van der Waals surface area contributed by atoms with Gasteiger partial charge in [-0.3, -0.25) is 9.59 Å². The number of rotatable bonds is 5. The van der Waals surface area contributed by atoms with Crippen molar-refractivity contribution < 1.29 is 9.59 Å². The number of nitrogens with one attached hydrogen (secondary N) is 3. The lowest BCUT2D eigenvalue weighted by atomic mass is 9.85. The summed E-state index contributed by atoms with van der Waals surface area (Å²) in [7, 11) is 0. The van der Waals surface area contributed by atoms with E-state index in [2.05, 4.69) is 22.9 Å². The lowest BCUT2D eigenvalue weighted by Gasteiger charge is -2.24. The first kappa shape index (κ1) is 19.7. The second-order valence-electron chi connectivity index (χ2n) is 6.93. The minimum Gasteiger partial charge on any atom is -0.346 e. The summed E-state index contributed by atoms with van der Waals surface area (Å²) in [6.07, 6.45) is 6.74. The van der Waals surface area contributed by atoms with E-state index in [9.17, 15) is 9.59 Å². The minimum atomic E-state index is -0.188. The normalized spacial score (nSPS) is 24.8. The van der Waals surface area contributed by atoms with Gasteiger partial charge in [0.05, 0.1) is 12.6 Å². The molecule has 3 atom stereocenters. The van der Waals surface area contributed by atoms with Crippen molar-refractivity contribution >= 4 is 29.9 Å². The van der Waals surface area contributed by atoms with Gasteiger partial charge in [-0.1, -0.05) is 31.9 Å². The van der Waals surface area contributed by atoms with E-state index in [-0.39, 0.29) is 36.8 Å². The van der Waals surface area contributed by atoms with Gasteiger partial charge in [-0.2, -0.15) is 0 Å². The predicted molar refractivity (Wildman–Crippen MR) is 102 cm³/mol. The minimum absolute atomic E-state index is 0. The number of benzene rings is 1. The van der Waals surface area contributed by atoms with Crippen LogP contribution in [0.25, 0.3) is 0 Å². The Morgan fingerprint density at radius 1 is 1.24 bits per heavy atom. The van der Waals surface area contributed by atoms with Gasteiger partial charge >= 0.3 is 0 Å². The van der Waals surface area contributed by atoms with E-state index in [1.807, 2.05) is 24.3 Å². The monoisotopic (exact) mass is 365 g/mol. The summed E-state index contributed by atoms with van der Waals surface area (Å²) in [5, 5.41) is 9.05. The fraction of sp³-hybridized carbons (Fsp3) is 0.579. The Morgan fingerprint density at radius 2 is 2.04 bits per heavy atom. The van der Waals surface area contributed by atoms with E-state index in [1.54, 1.807) is 0 Å². The molecule has 25 heavy (non-hydrogen) atoms. The zero-order chi connectivity index (χ0) is 16.9. The Bertz CT molecular complexity index is 594. The summed E-state index contributed by atoms with van der Waals surface area (Å²) in [4.78, 5) is 24.3. The quantitative estimate of drug-likeness (QED) is 0.751. The van der Waals surface area contributed by atoms with E-state index in [1.165, 1.54) is 31.2 Å². The maximum atomic E-state index is 12.3. The molecule has 2 fully saturated rings. The molecule has 1 aromatic carbocycles. The lowest BCUT2D eigenvalue weighted by molar-refractivity contribution is -0.125. The van der Waals surface area contributed by atoms with E-state index < -0.39 is 0 Å². The van der Waals surface area contributed by atoms with Crippen molar-refractivity contribution in [1.29, 1.82) is 0 Å². The van der Waals surface area contributed by atoms with Crippen LogP contribution >= 0.6 is 12.4 Å². The number of fused-ring (bicyclic) bond motifs is 1. The Hall–Kier alpha value is -1.59. The zero-order valence-corrected chi connectivity index (χ0v) is 15.5. The maximum Gasteiger partial charge on any atom is 0.243 e. The number of carbonyl (C=O) groups excluding carboxylic acids is 2. The number of carbonyl (C=O) groups is 2. The molecule has 3 N–H and O–H groups in total. The largest absolute Gasteiger partial charge is 0.346 e. The van der Waals surface area contributed by atoms with Crippen LogP contribution in [0.4, 0.5) is 5.69 Å². The van der Waals surface area contributed by atoms with Crippen LogP contribution in [-0.2, 0) is 16.0 Å². The van der Waals surface area contributed by atoms with Crippen molar-refractivity contribution in [2.75, 3.05) is 11.9 Å². The van der Waals surface area contributed by atoms with Crippen LogP contribution in [0.1, 0.15) is 44.6 Å². The second-order valence-corrected chi connectivity index (χ2v) is 6.93. The fourth-order valence-electron chi connectivity index (χ4n) is 3.89. The third-order valence-electron chi connectivity index (χ3n) is 5.22. The van der Waals surface area contributed by atoms with Gasteiger partial charge in [0.2, 0.25) is 11.8 Å². The van der Waals surface area contributed by atoms with Crippen LogP contribution < -0.4 is 16.0 Å². The molecule has 2 aliphatic rings. The molecular formula is C19H28ClN3O2. The highest BCUT2D eigenvalue weighted by molar-refractivity contribution is 5.95. The number of hydrogen-bond donors (Lipinski definition) is 3.